The van der Waals surface area contributed by atoms with Gasteiger partial charge in [0.2, 0.25) is 0 Å². The molecule has 0 radical (unpaired) electrons. The van der Waals surface area contributed by atoms with Gasteiger partial charge in [0.25, 0.3) is 0 Å². The predicted molar refractivity (Wildman–Crippen MR) is 92.2 cm³/mol. The Labute approximate surface area is 135 Å². The highest BCUT2D eigenvalue weighted by Gasteiger charge is 2.21. The summed E-state index contributed by atoms with van der Waals surface area (Å²) in [6, 6.07) is 7.96. The first-order valence-corrected chi connectivity index (χ1v) is 7.58. The lowest BCUT2D eigenvalue weighted by Gasteiger charge is -2.28. The van der Waals surface area contributed by atoms with Gasteiger partial charge in [-0.25, -0.2) is 0 Å². The maximum absolute atomic E-state index is 10.2. The van der Waals surface area contributed by atoms with Crippen molar-refractivity contribution in [3.8, 4) is 11.1 Å². The van der Waals surface area contributed by atoms with Crippen molar-refractivity contribution in [3.05, 3.63) is 47.8 Å². The Morgan fingerprint density at radius 2 is 1.96 bits per heavy atom. The third-order valence-electron chi connectivity index (χ3n) is 4.17. The molecule has 1 aromatic carbocycles. The Morgan fingerprint density at radius 1 is 1.17 bits per heavy atom. The molecule has 0 saturated heterocycles. The topological polar surface area (TPSA) is 84.1 Å². The molecular formula is C18H20N4O. The number of pyridine rings is 1. The summed E-state index contributed by atoms with van der Waals surface area (Å²) in [5, 5.41) is 25.6. The van der Waals surface area contributed by atoms with Gasteiger partial charge in [-0.05, 0) is 49.6 Å². The fourth-order valence-electron chi connectivity index (χ4n) is 2.80. The van der Waals surface area contributed by atoms with E-state index in [2.05, 4.69) is 11.1 Å². The number of aryl methyl sites for hydroxylation is 1. The number of rotatable bonds is 3. The van der Waals surface area contributed by atoms with Crippen LogP contribution in [0.1, 0.15) is 31.4 Å². The normalized spacial score (nSPS) is 14.6. The molecule has 0 fully saturated rings. The van der Waals surface area contributed by atoms with Crippen LogP contribution in [-0.2, 0) is 12.0 Å². The summed E-state index contributed by atoms with van der Waals surface area (Å²) < 4.78 is 0. The van der Waals surface area contributed by atoms with Gasteiger partial charge in [0.1, 0.15) is 5.84 Å². The number of hydrogen-bond donors (Lipinski definition) is 3. The lowest BCUT2D eigenvalue weighted by molar-refractivity contribution is 0.0783. The van der Waals surface area contributed by atoms with Crippen molar-refractivity contribution in [2.24, 2.45) is 0 Å². The number of aliphatic hydroxyl groups is 1. The number of nitrogens with one attached hydrogen (secondary N) is 2. The summed E-state index contributed by atoms with van der Waals surface area (Å²) in [5.74, 6) is 0.450. The van der Waals surface area contributed by atoms with E-state index in [4.69, 9.17) is 10.8 Å². The Bertz CT molecular complexity index is 777. The molecule has 0 unspecified atom stereocenters. The molecular weight excluding hydrogens is 288 g/mol. The van der Waals surface area contributed by atoms with Crippen LogP contribution in [0.3, 0.4) is 0 Å². The maximum atomic E-state index is 10.2. The third-order valence-corrected chi connectivity index (χ3v) is 4.17. The van der Waals surface area contributed by atoms with E-state index >= 15 is 0 Å². The molecule has 1 aromatic heterocycles. The Hall–Kier alpha value is -2.53. The molecule has 118 valence electrons. The van der Waals surface area contributed by atoms with Gasteiger partial charge in [-0.2, -0.15) is 0 Å². The molecule has 2 aromatic rings. The Kier molecular flexibility index (Phi) is 3.74. The van der Waals surface area contributed by atoms with Crippen molar-refractivity contribution < 1.29 is 5.11 Å². The maximum Gasteiger partial charge on any atom is 0.106 e. The van der Waals surface area contributed by atoms with Crippen LogP contribution in [0.4, 0.5) is 5.69 Å². The third kappa shape index (κ3) is 2.87. The minimum atomic E-state index is -0.927. The van der Waals surface area contributed by atoms with Gasteiger partial charge in [0.05, 0.1) is 17.6 Å². The molecule has 5 nitrogen and oxygen atoms in total. The molecule has 0 atom stereocenters. The van der Waals surface area contributed by atoms with Crippen molar-refractivity contribution in [1.82, 2.24) is 4.98 Å². The van der Waals surface area contributed by atoms with Crippen LogP contribution in [0.5, 0.6) is 0 Å². The summed E-state index contributed by atoms with van der Waals surface area (Å²) in [5.41, 5.74) is 3.84. The van der Waals surface area contributed by atoms with Crippen LogP contribution in [0, 0.1) is 10.8 Å². The highest BCUT2D eigenvalue weighted by Crippen LogP contribution is 2.32. The second-order valence-corrected chi connectivity index (χ2v) is 6.31. The van der Waals surface area contributed by atoms with Crippen LogP contribution >= 0.6 is 0 Å². The van der Waals surface area contributed by atoms with Crippen LogP contribution in [-0.4, -0.2) is 22.3 Å². The highest BCUT2D eigenvalue weighted by atomic mass is 16.3. The first-order valence-electron chi connectivity index (χ1n) is 7.58. The van der Waals surface area contributed by atoms with Crippen LogP contribution in [0.15, 0.2) is 36.7 Å². The van der Waals surface area contributed by atoms with Gasteiger partial charge < -0.3 is 5.11 Å². The predicted octanol–water partition coefficient (Wildman–Crippen LogP) is 3.31. The van der Waals surface area contributed by atoms with Crippen LogP contribution < -0.4 is 4.90 Å². The average Bonchev–Trinajstić information content (AvgIpc) is 2.54. The Morgan fingerprint density at radius 3 is 2.65 bits per heavy atom. The van der Waals surface area contributed by atoms with Crippen molar-refractivity contribution in [2.75, 3.05) is 4.90 Å². The first-order chi connectivity index (χ1) is 10.9. The van der Waals surface area contributed by atoms with E-state index in [-0.39, 0.29) is 0 Å². The largest absolute Gasteiger partial charge is 0.386 e. The van der Waals surface area contributed by atoms with Crippen LogP contribution in [0.2, 0.25) is 0 Å². The van der Waals surface area contributed by atoms with Crippen molar-refractivity contribution in [2.45, 2.75) is 32.3 Å². The smallest absolute Gasteiger partial charge is 0.106 e. The summed E-state index contributed by atoms with van der Waals surface area (Å²) in [4.78, 5) is 5.85. The first kappa shape index (κ1) is 15.4. The van der Waals surface area contributed by atoms with Gasteiger partial charge in [-0.1, -0.05) is 6.07 Å². The van der Waals surface area contributed by atoms with E-state index < -0.39 is 5.60 Å². The number of nitrogens with zero attached hydrogens (tertiary/aromatic N) is 2. The SMILES string of the molecule is CC(C)(O)c1cncc(-c2ccc3c(c2)CCC(=N)N3C=N)c1. The monoisotopic (exact) mass is 308 g/mol. The van der Waals surface area contributed by atoms with Gasteiger partial charge in [-0.3, -0.25) is 20.7 Å². The molecule has 5 heteroatoms. The van der Waals surface area contributed by atoms with Gasteiger partial charge in [0, 0.05) is 29.9 Å². The molecule has 3 rings (SSSR count). The molecule has 0 aliphatic carbocycles. The molecule has 0 spiro atoms. The molecule has 0 amide bonds. The van der Waals surface area contributed by atoms with Crippen LogP contribution in [0.25, 0.3) is 11.1 Å². The summed E-state index contributed by atoms with van der Waals surface area (Å²) in [7, 11) is 0. The molecule has 1 aliphatic heterocycles. The van der Waals surface area contributed by atoms with E-state index in [0.717, 1.165) is 34.4 Å². The zero-order chi connectivity index (χ0) is 16.6. The van der Waals surface area contributed by atoms with E-state index in [0.29, 0.717) is 12.3 Å². The van der Waals surface area contributed by atoms with E-state index in [1.54, 1.807) is 31.1 Å². The average molecular weight is 308 g/mol. The number of anilines is 1. The number of benzene rings is 1. The summed E-state index contributed by atoms with van der Waals surface area (Å²) >= 11 is 0. The summed E-state index contributed by atoms with van der Waals surface area (Å²) in [6.07, 6.45) is 6.09. The summed E-state index contributed by atoms with van der Waals surface area (Å²) in [6.45, 7) is 3.49. The molecule has 0 bridgehead atoms. The van der Waals surface area contributed by atoms with Gasteiger partial charge in [-0.15, -0.1) is 0 Å². The highest BCUT2D eigenvalue weighted by molar-refractivity contribution is 6.11. The molecule has 2 heterocycles. The van der Waals surface area contributed by atoms with Crippen molar-refractivity contribution in [3.63, 3.8) is 0 Å². The second-order valence-electron chi connectivity index (χ2n) is 6.31. The molecule has 23 heavy (non-hydrogen) atoms. The molecule has 3 N–H and O–H groups in total. The minimum absolute atomic E-state index is 0.450. The Balaban J connectivity index is 2.03. The van der Waals surface area contributed by atoms with Gasteiger partial charge >= 0.3 is 0 Å². The zero-order valence-corrected chi connectivity index (χ0v) is 13.3. The van der Waals surface area contributed by atoms with Crippen molar-refractivity contribution in [1.29, 1.82) is 10.8 Å². The number of aromatic nitrogens is 1. The number of fused-ring (bicyclic) bond motifs is 1. The number of amidine groups is 1. The zero-order valence-electron chi connectivity index (χ0n) is 13.3. The van der Waals surface area contributed by atoms with Gasteiger partial charge in [0.15, 0.2) is 0 Å². The standard InChI is InChI=1S/C18H20N4O/c1-18(2,23)15-8-14(9-21-10-15)12-3-5-16-13(7-12)4-6-17(20)22(16)11-19/h3,5,7-11,19-20,23H,4,6H2,1-2H3. The quantitative estimate of drug-likeness (QED) is 0.601. The fourth-order valence-corrected chi connectivity index (χ4v) is 2.80. The fraction of sp³-hybridized carbons (Fsp3) is 0.278. The molecule has 0 saturated carbocycles. The van der Waals surface area contributed by atoms with Crippen molar-refractivity contribution >= 4 is 17.9 Å². The lowest BCUT2D eigenvalue weighted by Crippen LogP contribution is -2.32. The van der Waals surface area contributed by atoms with E-state index in [1.165, 1.54) is 6.34 Å². The van der Waals surface area contributed by atoms with E-state index in [1.807, 2.05) is 18.2 Å². The lowest BCUT2D eigenvalue weighted by atomic mass is 9.94. The minimum Gasteiger partial charge on any atom is -0.386 e. The number of hydrogen-bond acceptors (Lipinski definition) is 4. The van der Waals surface area contributed by atoms with E-state index in [9.17, 15) is 5.11 Å². The second kappa shape index (κ2) is 5.59. The molecule has 1 aliphatic rings.